The van der Waals surface area contributed by atoms with Crippen LogP contribution >= 0.6 is 0 Å². The fourth-order valence-corrected chi connectivity index (χ4v) is 3.26. The van der Waals surface area contributed by atoms with Crippen molar-refractivity contribution in [2.45, 2.75) is 52.2 Å². The molecule has 4 nitrogen and oxygen atoms in total. The van der Waals surface area contributed by atoms with E-state index in [4.69, 9.17) is 0 Å². The molecule has 1 aliphatic heterocycles. The van der Waals surface area contributed by atoms with E-state index in [1.165, 1.54) is 11.1 Å². The molecule has 0 spiro atoms. The van der Waals surface area contributed by atoms with Crippen LogP contribution < -0.4 is 5.32 Å². The number of aryl methyl sites for hydroxylation is 1. The van der Waals surface area contributed by atoms with Gasteiger partial charge in [-0.2, -0.15) is 0 Å². The fraction of sp³-hybridized carbons (Fsp3) is 0.632. The first-order chi connectivity index (χ1) is 11.0. The van der Waals surface area contributed by atoms with Crippen LogP contribution in [0.4, 0.5) is 0 Å². The molecule has 0 saturated carbocycles. The Kier molecular flexibility index (Phi) is 6.60. The Morgan fingerprint density at radius 1 is 1.30 bits per heavy atom. The zero-order chi connectivity index (χ0) is 16.8. The molecule has 1 aromatic rings. The molecule has 4 heteroatoms. The lowest BCUT2D eigenvalue weighted by atomic mass is 9.94. The minimum Gasteiger partial charge on any atom is -0.390 e. The molecule has 1 saturated heterocycles. The molecule has 0 bridgehead atoms. The SMILES string of the molecule is Cc1ccccc1C(CC(C)C)NCC(O)CN1CCCC1=O. The highest BCUT2D eigenvalue weighted by atomic mass is 16.3. The number of aliphatic hydroxyl groups is 1. The molecule has 1 aliphatic rings. The predicted molar refractivity (Wildman–Crippen MR) is 93.2 cm³/mol. The van der Waals surface area contributed by atoms with E-state index >= 15 is 0 Å². The molecule has 1 aromatic carbocycles. The molecule has 0 aliphatic carbocycles. The summed E-state index contributed by atoms with van der Waals surface area (Å²) >= 11 is 0. The Morgan fingerprint density at radius 3 is 2.65 bits per heavy atom. The number of likely N-dealkylation sites (tertiary alicyclic amines) is 1. The van der Waals surface area contributed by atoms with Gasteiger partial charge in [0, 0.05) is 32.1 Å². The fourth-order valence-electron chi connectivity index (χ4n) is 3.26. The summed E-state index contributed by atoms with van der Waals surface area (Å²) in [6.45, 7) is 8.29. The summed E-state index contributed by atoms with van der Waals surface area (Å²) in [7, 11) is 0. The van der Waals surface area contributed by atoms with E-state index in [0.29, 0.717) is 25.4 Å². The number of β-amino-alcohol motifs (C(OH)–C–C–N with tert-alkyl or cyclic N) is 1. The normalized spacial score (nSPS) is 17.8. The largest absolute Gasteiger partial charge is 0.390 e. The van der Waals surface area contributed by atoms with E-state index < -0.39 is 6.10 Å². The van der Waals surface area contributed by atoms with Crippen LogP contribution in [0.15, 0.2) is 24.3 Å². The summed E-state index contributed by atoms with van der Waals surface area (Å²) in [5, 5.41) is 13.8. The average molecular weight is 318 g/mol. The summed E-state index contributed by atoms with van der Waals surface area (Å²) < 4.78 is 0. The van der Waals surface area contributed by atoms with Gasteiger partial charge in [0.05, 0.1) is 6.10 Å². The monoisotopic (exact) mass is 318 g/mol. The number of rotatable bonds is 8. The molecular formula is C19H30N2O2. The molecule has 1 amide bonds. The lowest BCUT2D eigenvalue weighted by Crippen LogP contribution is -2.40. The molecule has 128 valence electrons. The molecule has 1 heterocycles. The summed E-state index contributed by atoms with van der Waals surface area (Å²) in [6.07, 6.45) is 2.05. The Balaban J connectivity index is 1.93. The van der Waals surface area contributed by atoms with Crippen molar-refractivity contribution in [1.29, 1.82) is 0 Å². The van der Waals surface area contributed by atoms with Gasteiger partial charge in [0.25, 0.3) is 0 Å². The number of carbonyl (C=O) groups is 1. The topological polar surface area (TPSA) is 52.6 Å². The molecule has 1 fully saturated rings. The van der Waals surface area contributed by atoms with Crippen LogP contribution in [0.3, 0.4) is 0 Å². The molecule has 2 unspecified atom stereocenters. The van der Waals surface area contributed by atoms with Crippen LogP contribution in [0.1, 0.15) is 50.3 Å². The highest BCUT2D eigenvalue weighted by Crippen LogP contribution is 2.24. The van der Waals surface area contributed by atoms with Gasteiger partial charge in [-0.25, -0.2) is 0 Å². The van der Waals surface area contributed by atoms with E-state index in [0.717, 1.165) is 19.4 Å². The Morgan fingerprint density at radius 2 is 2.04 bits per heavy atom. The van der Waals surface area contributed by atoms with E-state index in [9.17, 15) is 9.90 Å². The Hall–Kier alpha value is -1.39. The Bertz CT molecular complexity index is 516. The van der Waals surface area contributed by atoms with Crippen molar-refractivity contribution in [1.82, 2.24) is 10.2 Å². The lowest BCUT2D eigenvalue weighted by molar-refractivity contribution is -0.128. The number of carbonyl (C=O) groups excluding carboxylic acids is 1. The molecular weight excluding hydrogens is 288 g/mol. The first kappa shape index (κ1) is 18.0. The van der Waals surface area contributed by atoms with Crippen molar-refractivity contribution in [2.24, 2.45) is 5.92 Å². The summed E-state index contributed by atoms with van der Waals surface area (Å²) in [4.78, 5) is 13.4. The first-order valence-electron chi connectivity index (χ1n) is 8.72. The van der Waals surface area contributed by atoms with Crippen molar-refractivity contribution in [3.63, 3.8) is 0 Å². The maximum absolute atomic E-state index is 11.7. The Labute approximate surface area is 139 Å². The summed E-state index contributed by atoms with van der Waals surface area (Å²) in [6, 6.07) is 8.64. The predicted octanol–water partition coefficient (Wildman–Crippen LogP) is 2.66. The zero-order valence-corrected chi connectivity index (χ0v) is 14.6. The summed E-state index contributed by atoms with van der Waals surface area (Å²) in [5.41, 5.74) is 2.57. The molecule has 0 aromatic heterocycles. The van der Waals surface area contributed by atoms with Gasteiger partial charge in [-0.1, -0.05) is 38.1 Å². The van der Waals surface area contributed by atoms with Crippen LogP contribution in [-0.4, -0.2) is 41.7 Å². The summed E-state index contributed by atoms with van der Waals surface area (Å²) in [5.74, 6) is 0.742. The number of nitrogens with zero attached hydrogens (tertiary/aromatic N) is 1. The molecule has 23 heavy (non-hydrogen) atoms. The molecule has 2 rings (SSSR count). The molecule has 2 N–H and O–H groups in total. The van der Waals surface area contributed by atoms with Crippen molar-refractivity contribution >= 4 is 5.91 Å². The molecule has 0 radical (unpaired) electrons. The van der Waals surface area contributed by atoms with Gasteiger partial charge in [0.15, 0.2) is 0 Å². The maximum atomic E-state index is 11.7. The van der Waals surface area contributed by atoms with Gasteiger partial charge in [-0.05, 0) is 36.8 Å². The third-order valence-corrected chi connectivity index (χ3v) is 4.47. The third-order valence-electron chi connectivity index (χ3n) is 4.47. The lowest BCUT2D eigenvalue weighted by Gasteiger charge is -2.26. The van der Waals surface area contributed by atoms with Crippen LogP contribution in [-0.2, 0) is 4.79 Å². The number of benzene rings is 1. The van der Waals surface area contributed by atoms with Crippen molar-refractivity contribution in [3.8, 4) is 0 Å². The minimum absolute atomic E-state index is 0.168. The maximum Gasteiger partial charge on any atom is 0.222 e. The van der Waals surface area contributed by atoms with Crippen LogP contribution in [0.5, 0.6) is 0 Å². The van der Waals surface area contributed by atoms with Crippen LogP contribution in [0.2, 0.25) is 0 Å². The number of amides is 1. The van der Waals surface area contributed by atoms with E-state index in [1.54, 1.807) is 4.90 Å². The van der Waals surface area contributed by atoms with Crippen LogP contribution in [0.25, 0.3) is 0 Å². The van der Waals surface area contributed by atoms with Crippen molar-refractivity contribution < 1.29 is 9.90 Å². The number of aliphatic hydroxyl groups excluding tert-OH is 1. The smallest absolute Gasteiger partial charge is 0.222 e. The quantitative estimate of drug-likeness (QED) is 0.775. The average Bonchev–Trinajstić information content (AvgIpc) is 2.89. The first-order valence-corrected chi connectivity index (χ1v) is 8.72. The second kappa shape index (κ2) is 8.46. The second-order valence-corrected chi connectivity index (χ2v) is 7.04. The number of nitrogens with one attached hydrogen (secondary N) is 1. The van der Waals surface area contributed by atoms with Gasteiger partial charge >= 0.3 is 0 Å². The van der Waals surface area contributed by atoms with Gasteiger partial charge in [0.2, 0.25) is 5.91 Å². The minimum atomic E-state index is -0.518. The van der Waals surface area contributed by atoms with Gasteiger partial charge in [0.1, 0.15) is 0 Å². The second-order valence-electron chi connectivity index (χ2n) is 7.04. The third kappa shape index (κ3) is 5.33. The van der Waals surface area contributed by atoms with Crippen molar-refractivity contribution in [3.05, 3.63) is 35.4 Å². The van der Waals surface area contributed by atoms with Gasteiger partial charge in [-0.3, -0.25) is 4.79 Å². The van der Waals surface area contributed by atoms with Crippen molar-refractivity contribution in [2.75, 3.05) is 19.6 Å². The van der Waals surface area contributed by atoms with Gasteiger partial charge in [-0.15, -0.1) is 0 Å². The van der Waals surface area contributed by atoms with E-state index in [-0.39, 0.29) is 11.9 Å². The van der Waals surface area contributed by atoms with Crippen LogP contribution in [0, 0.1) is 12.8 Å². The highest BCUT2D eigenvalue weighted by molar-refractivity contribution is 5.78. The number of hydrogen-bond acceptors (Lipinski definition) is 3. The van der Waals surface area contributed by atoms with Gasteiger partial charge < -0.3 is 15.3 Å². The zero-order valence-electron chi connectivity index (χ0n) is 14.6. The van der Waals surface area contributed by atoms with E-state index in [2.05, 4.69) is 50.4 Å². The van der Waals surface area contributed by atoms with E-state index in [1.807, 2.05) is 0 Å². The standard InChI is InChI=1S/C19H30N2O2/c1-14(2)11-18(17-8-5-4-7-15(17)3)20-12-16(22)13-21-10-6-9-19(21)23/h4-5,7-8,14,16,18,20,22H,6,9-13H2,1-3H3. The molecule has 2 atom stereocenters. The number of hydrogen-bond donors (Lipinski definition) is 2. The highest BCUT2D eigenvalue weighted by Gasteiger charge is 2.23.